The minimum absolute atomic E-state index is 0.0677. The highest BCUT2D eigenvalue weighted by atomic mass is 16.5. The zero-order valence-electron chi connectivity index (χ0n) is 12.8. The number of benzene rings is 1. The number of carbonyl (C=O) groups excluding carboxylic acids is 2. The second-order valence-electron chi connectivity index (χ2n) is 5.69. The predicted octanol–water partition coefficient (Wildman–Crippen LogP) is 0.402. The summed E-state index contributed by atoms with van der Waals surface area (Å²) >= 11 is 0. The third-order valence-electron chi connectivity index (χ3n) is 4.04. The summed E-state index contributed by atoms with van der Waals surface area (Å²) in [5.74, 6) is -0.773. The fourth-order valence-electron chi connectivity index (χ4n) is 2.80. The molecule has 0 spiro atoms. The van der Waals surface area contributed by atoms with E-state index in [1.54, 1.807) is 0 Å². The van der Waals surface area contributed by atoms with Crippen LogP contribution in [0.2, 0.25) is 0 Å². The molecule has 23 heavy (non-hydrogen) atoms. The van der Waals surface area contributed by atoms with E-state index < -0.39 is 11.9 Å². The summed E-state index contributed by atoms with van der Waals surface area (Å²) in [6.07, 6.45) is 2.25. The summed E-state index contributed by atoms with van der Waals surface area (Å²) in [6.45, 7) is 1.21. The van der Waals surface area contributed by atoms with Gasteiger partial charge in [0.25, 0.3) is 5.91 Å². The monoisotopic (exact) mass is 316 g/mol. The van der Waals surface area contributed by atoms with E-state index in [1.807, 2.05) is 30.3 Å². The van der Waals surface area contributed by atoms with E-state index in [-0.39, 0.29) is 18.4 Å². The number of anilines is 1. The second kappa shape index (κ2) is 6.78. The van der Waals surface area contributed by atoms with E-state index in [9.17, 15) is 9.59 Å². The molecule has 0 aliphatic carbocycles. The fraction of sp³-hybridized carbons (Fsp3) is 0.438. The van der Waals surface area contributed by atoms with Crippen molar-refractivity contribution in [3.63, 3.8) is 0 Å². The van der Waals surface area contributed by atoms with Crippen LogP contribution in [0, 0.1) is 0 Å². The molecule has 2 aliphatic heterocycles. The Morgan fingerprint density at radius 1 is 1.35 bits per heavy atom. The molecule has 2 heterocycles. The highest BCUT2D eigenvalue weighted by Crippen LogP contribution is 2.24. The van der Waals surface area contributed by atoms with Crippen LogP contribution in [0.5, 0.6) is 0 Å². The van der Waals surface area contributed by atoms with Crippen molar-refractivity contribution in [2.24, 2.45) is 10.8 Å². The van der Waals surface area contributed by atoms with Gasteiger partial charge in [-0.05, 0) is 25.0 Å². The Kier molecular flexibility index (Phi) is 4.57. The van der Waals surface area contributed by atoms with E-state index in [0.29, 0.717) is 12.3 Å². The molecule has 2 atom stereocenters. The van der Waals surface area contributed by atoms with E-state index in [4.69, 9.17) is 10.5 Å². The van der Waals surface area contributed by atoms with E-state index in [2.05, 4.69) is 10.4 Å². The molecular formula is C16H20N4O3. The number of rotatable bonds is 5. The molecule has 0 aromatic heterocycles. The lowest BCUT2D eigenvalue weighted by molar-refractivity contribution is -0.119. The molecule has 2 amide bonds. The van der Waals surface area contributed by atoms with Crippen molar-refractivity contribution in [1.82, 2.24) is 5.32 Å². The number of amides is 2. The highest BCUT2D eigenvalue weighted by Gasteiger charge is 2.35. The Morgan fingerprint density at radius 2 is 2.13 bits per heavy atom. The molecule has 1 fully saturated rings. The van der Waals surface area contributed by atoms with Gasteiger partial charge in [-0.1, -0.05) is 18.2 Å². The van der Waals surface area contributed by atoms with Crippen LogP contribution in [0.15, 0.2) is 35.4 Å². The van der Waals surface area contributed by atoms with Gasteiger partial charge in [0, 0.05) is 19.6 Å². The van der Waals surface area contributed by atoms with Crippen molar-refractivity contribution in [3.05, 3.63) is 30.3 Å². The molecule has 0 radical (unpaired) electrons. The standard InChI is InChI=1S/C16H20N4O3/c17-15(21)14-9-13(16(22)18-10-12-7-4-8-23-12)19-20(14)11-5-2-1-3-6-11/h1-3,5-6,12,14H,4,7-10H2,(H2,17,21)(H,18,22). The molecule has 7 nitrogen and oxygen atoms in total. The molecule has 0 bridgehead atoms. The van der Waals surface area contributed by atoms with Crippen LogP contribution in [0.3, 0.4) is 0 Å². The number of ether oxygens (including phenoxy) is 1. The Balaban J connectivity index is 1.69. The van der Waals surface area contributed by atoms with E-state index >= 15 is 0 Å². The minimum atomic E-state index is -0.638. The normalized spacial score (nSPS) is 23.7. The number of hydrazone groups is 1. The molecule has 1 saturated heterocycles. The molecule has 0 saturated carbocycles. The van der Waals surface area contributed by atoms with Crippen molar-refractivity contribution >= 4 is 23.2 Å². The quantitative estimate of drug-likeness (QED) is 0.822. The molecule has 7 heteroatoms. The zero-order valence-corrected chi connectivity index (χ0v) is 12.8. The summed E-state index contributed by atoms with van der Waals surface area (Å²) in [5, 5.41) is 8.64. The molecule has 122 valence electrons. The van der Waals surface area contributed by atoms with Crippen LogP contribution in [0.4, 0.5) is 5.69 Å². The lowest BCUT2D eigenvalue weighted by Crippen LogP contribution is -2.40. The van der Waals surface area contributed by atoms with Gasteiger partial charge < -0.3 is 15.8 Å². The maximum atomic E-state index is 12.3. The summed E-state index contributed by atoms with van der Waals surface area (Å²) in [7, 11) is 0. The van der Waals surface area contributed by atoms with Crippen LogP contribution in [-0.2, 0) is 14.3 Å². The number of hydrogen-bond donors (Lipinski definition) is 2. The average molecular weight is 316 g/mol. The SMILES string of the molecule is NC(=O)C1CC(C(=O)NCC2CCCO2)=NN1c1ccccc1. The minimum Gasteiger partial charge on any atom is -0.376 e. The predicted molar refractivity (Wildman–Crippen MR) is 85.9 cm³/mol. The number of primary amides is 1. The lowest BCUT2D eigenvalue weighted by Gasteiger charge is -2.20. The van der Waals surface area contributed by atoms with E-state index in [0.717, 1.165) is 25.1 Å². The van der Waals surface area contributed by atoms with Crippen LogP contribution in [0.25, 0.3) is 0 Å². The lowest BCUT2D eigenvalue weighted by atomic mass is 10.1. The third kappa shape index (κ3) is 3.50. The number of hydrogen-bond acceptors (Lipinski definition) is 5. The van der Waals surface area contributed by atoms with Gasteiger partial charge in [-0.3, -0.25) is 14.6 Å². The Morgan fingerprint density at radius 3 is 2.78 bits per heavy atom. The second-order valence-corrected chi connectivity index (χ2v) is 5.69. The number of para-hydroxylation sites is 1. The topological polar surface area (TPSA) is 97.0 Å². The maximum Gasteiger partial charge on any atom is 0.267 e. The van der Waals surface area contributed by atoms with Gasteiger partial charge in [-0.2, -0.15) is 5.10 Å². The first-order valence-corrected chi connectivity index (χ1v) is 7.76. The molecule has 1 aromatic carbocycles. The molecule has 3 N–H and O–H groups in total. The number of nitrogens with one attached hydrogen (secondary N) is 1. The largest absolute Gasteiger partial charge is 0.376 e. The van der Waals surface area contributed by atoms with Crippen molar-refractivity contribution in [2.45, 2.75) is 31.4 Å². The molecule has 2 aliphatic rings. The van der Waals surface area contributed by atoms with Gasteiger partial charge in [0.2, 0.25) is 5.91 Å². The van der Waals surface area contributed by atoms with Crippen LogP contribution in [-0.4, -0.2) is 42.8 Å². The Bertz CT molecular complexity index is 611. The van der Waals surface area contributed by atoms with Crippen molar-refractivity contribution in [3.8, 4) is 0 Å². The van der Waals surface area contributed by atoms with Gasteiger partial charge >= 0.3 is 0 Å². The van der Waals surface area contributed by atoms with Gasteiger partial charge in [0.1, 0.15) is 11.8 Å². The summed E-state index contributed by atoms with van der Waals surface area (Å²) in [6, 6.07) is 8.58. The Hall–Kier alpha value is -2.41. The average Bonchev–Trinajstić information content (AvgIpc) is 3.23. The summed E-state index contributed by atoms with van der Waals surface area (Å²) in [4.78, 5) is 23.9. The first-order valence-electron chi connectivity index (χ1n) is 7.76. The van der Waals surface area contributed by atoms with Crippen LogP contribution in [0.1, 0.15) is 19.3 Å². The summed E-state index contributed by atoms with van der Waals surface area (Å²) < 4.78 is 5.48. The first kappa shape index (κ1) is 15.5. The number of nitrogens with two attached hydrogens (primary N) is 1. The van der Waals surface area contributed by atoms with Gasteiger partial charge in [0.05, 0.1) is 11.8 Å². The van der Waals surface area contributed by atoms with Crippen molar-refractivity contribution < 1.29 is 14.3 Å². The van der Waals surface area contributed by atoms with Crippen LogP contribution >= 0.6 is 0 Å². The third-order valence-corrected chi connectivity index (χ3v) is 4.04. The van der Waals surface area contributed by atoms with Crippen LogP contribution < -0.4 is 16.1 Å². The highest BCUT2D eigenvalue weighted by molar-refractivity contribution is 6.40. The maximum absolute atomic E-state index is 12.3. The van der Waals surface area contributed by atoms with Gasteiger partial charge in [0.15, 0.2) is 0 Å². The number of nitrogens with zero attached hydrogens (tertiary/aromatic N) is 2. The first-order chi connectivity index (χ1) is 11.1. The van der Waals surface area contributed by atoms with Gasteiger partial charge in [-0.15, -0.1) is 0 Å². The fourth-order valence-corrected chi connectivity index (χ4v) is 2.80. The van der Waals surface area contributed by atoms with Gasteiger partial charge in [-0.25, -0.2) is 0 Å². The van der Waals surface area contributed by atoms with E-state index in [1.165, 1.54) is 5.01 Å². The smallest absolute Gasteiger partial charge is 0.267 e. The van der Waals surface area contributed by atoms with Crippen molar-refractivity contribution in [2.75, 3.05) is 18.2 Å². The Labute approximate surface area is 134 Å². The van der Waals surface area contributed by atoms with Crippen molar-refractivity contribution in [1.29, 1.82) is 0 Å². The molecular weight excluding hydrogens is 296 g/mol. The molecule has 2 unspecified atom stereocenters. The molecule has 1 aromatic rings. The summed E-state index contributed by atoms with van der Waals surface area (Å²) in [5.41, 5.74) is 6.51. The molecule has 3 rings (SSSR count). The number of carbonyl (C=O) groups is 2. The zero-order chi connectivity index (χ0) is 16.2.